The second kappa shape index (κ2) is 3.26. The zero-order valence-corrected chi connectivity index (χ0v) is 10.4. The monoisotopic (exact) mass is 204 g/mol. The molecule has 2 rings (SSSR count). The molecule has 0 saturated heterocycles. The van der Waals surface area contributed by atoms with Crippen molar-refractivity contribution in [3.05, 3.63) is 28.3 Å². The molecule has 1 heteroatoms. The molecule has 0 bridgehead atoms. The number of hydrogen-bond acceptors (Lipinski definition) is 1. The molecule has 0 atom stereocenters. The summed E-state index contributed by atoms with van der Waals surface area (Å²) in [6.07, 6.45) is 2.48. The lowest BCUT2D eigenvalue weighted by Crippen LogP contribution is -2.12. The third kappa shape index (κ3) is 1.45. The van der Waals surface area contributed by atoms with Gasteiger partial charge >= 0.3 is 0 Å². The van der Waals surface area contributed by atoms with Gasteiger partial charge in [-0.05, 0) is 60.4 Å². The van der Waals surface area contributed by atoms with E-state index in [0.29, 0.717) is 5.41 Å². The fourth-order valence-electron chi connectivity index (χ4n) is 2.65. The highest BCUT2D eigenvalue weighted by atomic mass is 16.5. The quantitative estimate of drug-likeness (QED) is 0.680. The van der Waals surface area contributed by atoms with Crippen LogP contribution in [0.5, 0.6) is 5.75 Å². The van der Waals surface area contributed by atoms with E-state index in [1.54, 1.807) is 12.7 Å². The number of ether oxygens (including phenoxy) is 1. The van der Waals surface area contributed by atoms with E-state index >= 15 is 0 Å². The van der Waals surface area contributed by atoms with E-state index in [2.05, 4.69) is 33.8 Å². The van der Waals surface area contributed by atoms with Crippen LogP contribution < -0.4 is 4.74 Å². The highest BCUT2D eigenvalue weighted by Gasteiger charge is 2.32. The maximum atomic E-state index is 5.44. The first kappa shape index (κ1) is 10.5. The molecule has 0 heterocycles. The summed E-state index contributed by atoms with van der Waals surface area (Å²) in [5.74, 6) is 1.04. The van der Waals surface area contributed by atoms with Crippen LogP contribution in [0.1, 0.15) is 42.5 Å². The Hall–Kier alpha value is -0.980. The van der Waals surface area contributed by atoms with Gasteiger partial charge in [0, 0.05) is 0 Å². The molecular formula is C14H20O. The Morgan fingerprint density at radius 1 is 1.20 bits per heavy atom. The highest BCUT2D eigenvalue weighted by molar-refractivity contribution is 5.53. The van der Waals surface area contributed by atoms with E-state index in [9.17, 15) is 0 Å². The van der Waals surface area contributed by atoms with Crippen LogP contribution in [0.15, 0.2) is 6.07 Å². The topological polar surface area (TPSA) is 9.23 Å². The molecule has 1 aromatic carbocycles. The van der Waals surface area contributed by atoms with Crippen LogP contribution in [0.3, 0.4) is 0 Å². The Bertz CT molecular complexity index is 402. The molecule has 0 N–H and O–H groups in total. The number of methoxy groups -OCH3 is 1. The van der Waals surface area contributed by atoms with Crippen molar-refractivity contribution in [3.63, 3.8) is 0 Å². The predicted molar refractivity (Wildman–Crippen MR) is 63.8 cm³/mol. The average Bonchev–Trinajstić information content (AvgIpc) is 2.48. The lowest BCUT2D eigenvalue weighted by molar-refractivity contribution is 0.409. The molecule has 0 fully saturated rings. The Balaban J connectivity index is 2.67. The van der Waals surface area contributed by atoms with Gasteiger partial charge in [0.2, 0.25) is 0 Å². The summed E-state index contributed by atoms with van der Waals surface area (Å²) in [5, 5.41) is 0. The van der Waals surface area contributed by atoms with Gasteiger partial charge in [0.1, 0.15) is 5.75 Å². The maximum Gasteiger partial charge on any atom is 0.122 e. The molecule has 0 spiro atoms. The van der Waals surface area contributed by atoms with Crippen LogP contribution in [0.2, 0.25) is 0 Å². The highest BCUT2D eigenvalue weighted by Crippen LogP contribution is 2.43. The van der Waals surface area contributed by atoms with Crippen LogP contribution >= 0.6 is 0 Å². The lowest BCUT2D eigenvalue weighted by Gasteiger charge is -2.21. The van der Waals surface area contributed by atoms with E-state index in [-0.39, 0.29) is 0 Å². The first-order valence-corrected chi connectivity index (χ1v) is 5.65. The Morgan fingerprint density at radius 2 is 1.87 bits per heavy atom. The zero-order valence-electron chi connectivity index (χ0n) is 10.4. The number of hydrogen-bond donors (Lipinski definition) is 0. The standard InChI is InChI=1S/C14H20O/c1-9-10(2)13(15-5)8-12-11(9)6-7-14(12,3)4/h8H,6-7H2,1-5H3. The van der Waals surface area contributed by atoms with Gasteiger partial charge < -0.3 is 4.74 Å². The van der Waals surface area contributed by atoms with E-state index in [4.69, 9.17) is 4.74 Å². The fraction of sp³-hybridized carbons (Fsp3) is 0.571. The Labute approximate surface area is 92.5 Å². The van der Waals surface area contributed by atoms with Crippen molar-refractivity contribution in [2.24, 2.45) is 0 Å². The predicted octanol–water partition coefficient (Wildman–Crippen LogP) is 3.54. The van der Waals surface area contributed by atoms with E-state index in [1.807, 2.05) is 0 Å². The van der Waals surface area contributed by atoms with E-state index < -0.39 is 0 Å². The normalized spacial score (nSPS) is 17.7. The minimum absolute atomic E-state index is 0.321. The summed E-state index contributed by atoms with van der Waals surface area (Å²) >= 11 is 0. The molecular weight excluding hydrogens is 184 g/mol. The Kier molecular flexibility index (Phi) is 2.29. The van der Waals surface area contributed by atoms with Gasteiger partial charge in [-0.15, -0.1) is 0 Å². The summed E-state index contributed by atoms with van der Waals surface area (Å²) in [5.41, 5.74) is 6.09. The molecule has 82 valence electrons. The molecule has 1 nitrogen and oxygen atoms in total. The van der Waals surface area contributed by atoms with Gasteiger partial charge in [0.25, 0.3) is 0 Å². The van der Waals surface area contributed by atoms with Crippen LogP contribution in [0.4, 0.5) is 0 Å². The van der Waals surface area contributed by atoms with E-state index in [1.165, 1.54) is 29.5 Å². The van der Waals surface area contributed by atoms with Gasteiger partial charge in [0.15, 0.2) is 0 Å². The van der Waals surface area contributed by atoms with Crippen molar-refractivity contribution in [1.29, 1.82) is 0 Å². The maximum absolute atomic E-state index is 5.44. The first-order valence-electron chi connectivity index (χ1n) is 5.65. The second-order valence-corrected chi connectivity index (χ2v) is 5.24. The summed E-state index contributed by atoms with van der Waals surface area (Å²) in [6, 6.07) is 2.24. The van der Waals surface area contributed by atoms with Crippen LogP contribution in [0, 0.1) is 13.8 Å². The minimum atomic E-state index is 0.321. The lowest BCUT2D eigenvalue weighted by atomic mass is 9.85. The molecule has 0 saturated carbocycles. The van der Waals surface area contributed by atoms with Crippen molar-refractivity contribution in [2.75, 3.05) is 7.11 Å². The summed E-state index contributed by atoms with van der Waals surface area (Å²) in [6.45, 7) is 9.03. The molecule has 0 aliphatic heterocycles. The summed E-state index contributed by atoms with van der Waals surface area (Å²) < 4.78 is 5.44. The van der Waals surface area contributed by atoms with Gasteiger partial charge in [-0.1, -0.05) is 13.8 Å². The summed E-state index contributed by atoms with van der Waals surface area (Å²) in [7, 11) is 1.76. The van der Waals surface area contributed by atoms with Crippen molar-refractivity contribution >= 4 is 0 Å². The largest absolute Gasteiger partial charge is 0.496 e. The smallest absolute Gasteiger partial charge is 0.122 e. The van der Waals surface area contributed by atoms with Crippen LogP contribution in [0.25, 0.3) is 0 Å². The number of fused-ring (bicyclic) bond motifs is 1. The molecule has 1 aromatic rings. The minimum Gasteiger partial charge on any atom is -0.496 e. The molecule has 0 aromatic heterocycles. The molecule has 0 amide bonds. The summed E-state index contributed by atoms with van der Waals surface area (Å²) in [4.78, 5) is 0. The molecule has 1 aliphatic rings. The van der Waals surface area contributed by atoms with Crippen molar-refractivity contribution in [3.8, 4) is 5.75 Å². The second-order valence-electron chi connectivity index (χ2n) is 5.24. The van der Waals surface area contributed by atoms with Gasteiger partial charge in [-0.25, -0.2) is 0 Å². The van der Waals surface area contributed by atoms with Crippen molar-refractivity contribution in [1.82, 2.24) is 0 Å². The van der Waals surface area contributed by atoms with Crippen LogP contribution in [-0.2, 0) is 11.8 Å². The third-order valence-corrected chi connectivity index (χ3v) is 3.93. The first-order chi connectivity index (χ1) is 6.97. The third-order valence-electron chi connectivity index (χ3n) is 3.93. The zero-order chi connectivity index (χ0) is 11.2. The molecule has 15 heavy (non-hydrogen) atoms. The van der Waals surface area contributed by atoms with Gasteiger partial charge in [-0.2, -0.15) is 0 Å². The average molecular weight is 204 g/mol. The number of rotatable bonds is 1. The number of benzene rings is 1. The van der Waals surface area contributed by atoms with Crippen molar-refractivity contribution < 1.29 is 4.74 Å². The van der Waals surface area contributed by atoms with Crippen LogP contribution in [-0.4, -0.2) is 7.11 Å². The SMILES string of the molecule is COc1cc2c(c(C)c1C)CCC2(C)C. The van der Waals surface area contributed by atoms with Gasteiger partial charge in [0.05, 0.1) is 7.11 Å². The Morgan fingerprint density at radius 3 is 2.47 bits per heavy atom. The van der Waals surface area contributed by atoms with Gasteiger partial charge in [-0.3, -0.25) is 0 Å². The molecule has 1 aliphatic carbocycles. The fourth-order valence-corrected chi connectivity index (χ4v) is 2.65. The van der Waals surface area contributed by atoms with E-state index in [0.717, 1.165) is 5.75 Å². The molecule has 0 unspecified atom stereocenters. The molecule has 0 radical (unpaired) electrons. The van der Waals surface area contributed by atoms with Crippen molar-refractivity contribution in [2.45, 2.75) is 46.0 Å².